The Labute approximate surface area is 111 Å². The molecule has 1 aromatic heterocycles. The van der Waals surface area contributed by atoms with Crippen LogP contribution in [0.15, 0.2) is 18.3 Å². The number of ether oxygens (including phenoxy) is 1. The molecule has 0 aromatic carbocycles. The third-order valence-electron chi connectivity index (χ3n) is 2.75. The van der Waals surface area contributed by atoms with Gasteiger partial charge in [0.15, 0.2) is 0 Å². The molecule has 0 spiro atoms. The number of methoxy groups -OCH3 is 1. The van der Waals surface area contributed by atoms with Crippen molar-refractivity contribution >= 4 is 0 Å². The van der Waals surface area contributed by atoms with Gasteiger partial charge < -0.3 is 10.1 Å². The second-order valence-electron chi connectivity index (χ2n) is 6.68. The van der Waals surface area contributed by atoms with Gasteiger partial charge in [-0.15, -0.1) is 0 Å². The van der Waals surface area contributed by atoms with E-state index in [9.17, 15) is 0 Å². The standard InChI is InChI=1S/C15H26N2O/c1-14(2,3)11-15(4,5)17-10-12-7-8-13(18-6)16-9-12/h7-9,17H,10-11H2,1-6H3. The lowest BCUT2D eigenvalue weighted by atomic mass is 9.82. The molecule has 0 fully saturated rings. The minimum atomic E-state index is 0.123. The first kappa shape index (κ1) is 15.0. The van der Waals surface area contributed by atoms with Crippen LogP contribution in [0.5, 0.6) is 5.88 Å². The summed E-state index contributed by atoms with van der Waals surface area (Å²) in [6.45, 7) is 12.1. The van der Waals surface area contributed by atoms with Gasteiger partial charge in [-0.25, -0.2) is 4.98 Å². The van der Waals surface area contributed by atoms with E-state index in [1.54, 1.807) is 7.11 Å². The van der Waals surface area contributed by atoms with Crippen molar-refractivity contribution in [2.45, 2.75) is 53.1 Å². The molecule has 0 aliphatic carbocycles. The Morgan fingerprint density at radius 1 is 1.17 bits per heavy atom. The summed E-state index contributed by atoms with van der Waals surface area (Å²) < 4.78 is 5.05. The SMILES string of the molecule is COc1ccc(CNC(C)(C)CC(C)(C)C)cn1. The molecule has 0 aliphatic heterocycles. The highest BCUT2D eigenvalue weighted by Crippen LogP contribution is 2.27. The fourth-order valence-electron chi connectivity index (χ4n) is 2.37. The van der Waals surface area contributed by atoms with Crippen LogP contribution >= 0.6 is 0 Å². The summed E-state index contributed by atoms with van der Waals surface area (Å²) in [5.74, 6) is 0.660. The van der Waals surface area contributed by atoms with E-state index >= 15 is 0 Å². The number of nitrogens with zero attached hydrogens (tertiary/aromatic N) is 1. The topological polar surface area (TPSA) is 34.1 Å². The summed E-state index contributed by atoms with van der Waals surface area (Å²) in [5, 5.41) is 3.59. The van der Waals surface area contributed by atoms with Crippen molar-refractivity contribution < 1.29 is 4.74 Å². The summed E-state index contributed by atoms with van der Waals surface area (Å²) in [6, 6.07) is 3.94. The second-order valence-corrected chi connectivity index (χ2v) is 6.68. The van der Waals surface area contributed by atoms with E-state index in [1.165, 1.54) is 5.56 Å². The zero-order chi connectivity index (χ0) is 13.8. The zero-order valence-corrected chi connectivity index (χ0v) is 12.5. The molecule has 1 N–H and O–H groups in total. The number of nitrogens with one attached hydrogen (secondary N) is 1. The maximum absolute atomic E-state index is 5.05. The van der Waals surface area contributed by atoms with Crippen LogP contribution in [0.4, 0.5) is 0 Å². The van der Waals surface area contributed by atoms with Gasteiger partial charge >= 0.3 is 0 Å². The molecule has 18 heavy (non-hydrogen) atoms. The number of aromatic nitrogens is 1. The van der Waals surface area contributed by atoms with Crippen molar-refractivity contribution in [3.05, 3.63) is 23.9 Å². The van der Waals surface area contributed by atoms with Crippen molar-refractivity contribution in [1.82, 2.24) is 10.3 Å². The maximum Gasteiger partial charge on any atom is 0.212 e. The summed E-state index contributed by atoms with van der Waals surface area (Å²) in [5.41, 5.74) is 1.63. The van der Waals surface area contributed by atoms with Crippen molar-refractivity contribution in [2.75, 3.05) is 7.11 Å². The fourth-order valence-corrected chi connectivity index (χ4v) is 2.37. The maximum atomic E-state index is 5.05. The minimum absolute atomic E-state index is 0.123. The Balaban J connectivity index is 2.53. The smallest absolute Gasteiger partial charge is 0.212 e. The molecule has 0 atom stereocenters. The molecule has 102 valence electrons. The van der Waals surface area contributed by atoms with Gasteiger partial charge in [0.1, 0.15) is 0 Å². The lowest BCUT2D eigenvalue weighted by Gasteiger charge is -2.33. The average Bonchev–Trinajstić information content (AvgIpc) is 2.24. The van der Waals surface area contributed by atoms with E-state index in [1.807, 2.05) is 18.3 Å². The van der Waals surface area contributed by atoms with Gasteiger partial charge in [-0.3, -0.25) is 0 Å². The summed E-state index contributed by atoms with van der Waals surface area (Å²) >= 11 is 0. The molecule has 0 amide bonds. The first-order chi connectivity index (χ1) is 8.22. The van der Waals surface area contributed by atoms with Gasteiger partial charge in [-0.1, -0.05) is 26.8 Å². The van der Waals surface area contributed by atoms with Crippen LogP contribution < -0.4 is 10.1 Å². The van der Waals surface area contributed by atoms with Crippen LogP contribution in [0.25, 0.3) is 0 Å². The van der Waals surface area contributed by atoms with Crippen LogP contribution in [0.2, 0.25) is 0 Å². The van der Waals surface area contributed by atoms with E-state index in [-0.39, 0.29) is 5.54 Å². The molecule has 0 saturated heterocycles. The quantitative estimate of drug-likeness (QED) is 0.869. The normalized spacial score (nSPS) is 12.6. The van der Waals surface area contributed by atoms with E-state index in [0.29, 0.717) is 11.3 Å². The van der Waals surface area contributed by atoms with Crippen molar-refractivity contribution in [3.8, 4) is 5.88 Å². The largest absolute Gasteiger partial charge is 0.481 e. The van der Waals surface area contributed by atoms with Crippen molar-refractivity contribution in [2.24, 2.45) is 5.41 Å². The first-order valence-electron chi connectivity index (χ1n) is 6.46. The number of hydrogen-bond donors (Lipinski definition) is 1. The van der Waals surface area contributed by atoms with Crippen LogP contribution in [0.3, 0.4) is 0 Å². The zero-order valence-electron chi connectivity index (χ0n) is 12.5. The molecule has 0 saturated carbocycles. The monoisotopic (exact) mass is 250 g/mol. The average molecular weight is 250 g/mol. The molecular formula is C15H26N2O. The number of pyridine rings is 1. The third kappa shape index (κ3) is 5.50. The lowest BCUT2D eigenvalue weighted by Crippen LogP contribution is -2.41. The Hall–Kier alpha value is -1.09. The summed E-state index contributed by atoms with van der Waals surface area (Å²) in [4.78, 5) is 4.21. The highest BCUT2D eigenvalue weighted by atomic mass is 16.5. The van der Waals surface area contributed by atoms with Crippen molar-refractivity contribution in [1.29, 1.82) is 0 Å². The fraction of sp³-hybridized carbons (Fsp3) is 0.667. The van der Waals surface area contributed by atoms with Gasteiger partial charge in [-0.2, -0.15) is 0 Å². The molecule has 3 nitrogen and oxygen atoms in total. The molecule has 0 aliphatic rings. The van der Waals surface area contributed by atoms with E-state index in [4.69, 9.17) is 4.74 Å². The molecule has 0 unspecified atom stereocenters. The molecule has 0 bridgehead atoms. The van der Waals surface area contributed by atoms with Crippen molar-refractivity contribution in [3.63, 3.8) is 0 Å². The van der Waals surface area contributed by atoms with Gasteiger partial charge in [0, 0.05) is 24.3 Å². The molecular weight excluding hydrogens is 224 g/mol. The van der Waals surface area contributed by atoms with Gasteiger partial charge in [-0.05, 0) is 31.2 Å². The predicted molar refractivity (Wildman–Crippen MR) is 75.8 cm³/mol. The summed E-state index contributed by atoms with van der Waals surface area (Å²) in [7, 11) is 1.63. The number of rotatable bonds is 5. The van der Waals surface area contributed by atoms with Crippen LogP contribution in [-0.2, 0) is 6.54 Å². The molecule has 1 heterocycles. The predicted octanol–water partition coefficient (Wildman–Crippen LogP) is 3.39. The minimum Gasteiger partial charge on any atom is -0.481 e. The molecule has 1 aromatic rings. The van der Waals surface area contributed by atoms with Crippen LogP contribution in [-0.4, -0.2) is 17.6 Å². The van der Waals surface area contributed by atoms with E-state index in [0.717, 1.165) is 13.0 Å². The molecule has 0 radical (unpaired) electrons. The Morgan fingerprint density at radius 2 is 1.83 bits per heavy atom. The highest BCUT2D eigenvalue weighted by molar-refractivity contribution is 5.17. The van der Waals surface area contributed by atoms with E-state index < -0.39 is 0 Å². The molecule has 3 heteroatoms. The van der Waals surface area contributed by atoms with Crippen LogP contribution in [0.1, 0.15) is 46.6 Å². The lowest BCUT2D eigenvalue weighted by molar-refractivity contribution is 0.240. The van der Waals surface area contributed by atoms with Gasteiger partial charge in [0.05, 0.1) is 7.11 Å². The number of hydrogen-bond acceptors (Lipinski definition) is 3. The van der Waals surface area contributed by atoms with E-state index in [2.05, 4.69) is 44.9 Å². The Morgan fingerprint density at radius 3 is 2.28 bits per heavy atom. The third-order valence-corrected chi connectivity index (χ3v) is 2.75. The second kappa shape index (κ2) is 5.70. The molecule has 1 rings (SSSR count). The van der Waals surface area contributed by atoms with Crippen LogP contribution in [0, 0.1) is 5.41 Å². The Kier molecular flexibility index (Phi) is 4.74. The van der Waals surface area contributed by atoms with Gasteiger partial charge in [0.2, 0.25) is 5.88 Å². The first-order valence-corrected chi connectivity index (χ1v) is 6.46. The van der Waals surface area contributed by atoms with Gasteiger partial charge in [0.25, 0.3) is 0 Å². The highest BCUT2D eigenvalue weighted by Gasteiger charge is 2.24. The summed E-state index contributed by atoms with van der Waals surface area (Å²) in [6.07, 6.45) is 2.99. The Bertz CT molecular complexity index is 363.